The number of nitrogens with two attached hydrogens (primary N) is 1. The van der Waals surface area contributed by atoms with Gasteiger partial charge in [0.05, 0.1) is 5.25 Å². The molecule has 1 saturated carbocycles. The van der Waals surface area contributed by atoms with Crippen LogP contribution in [-0.2, 0) is 9.84 Å². The van der Waals surface area contributed by atoms with Crippen LogP contribution >= 0.6 is 0 Å². The Bertz CT molecular complexity index is 382. The van der Waals surface area contributed by atoms with Crippen molar-refractivity contribution in [3.8, 4) is 0 Å². The van der Waals surface area contributed by atoms with Crippen LogP contribution in [0.2, 0.25) is 0 Å². The van der Waals surface area contributed by atoms with E-state index in [-0.39, 0.29) is 11.3 Å². The fourth-order valence-electron chi connectivity index (χ4n) is 3.72. The zero-order valence-corrected chi connectivity index (χ0v) is 12.3. The normalized spacial score (nSPS) is 39.1. The van der Waals surface area contributed by atoms with Crippen LogP contribution in [0.3, 0.4) is 0 Å². The molecule has 1 aliphatic carbocycles. The lowest BCUT2D eigenvalue weighted by Gasteiger charge is -2.43. The highest BCUT2D eigenvalue weighted by molar-refractivity contribution is 7.91. The molecule has 0 aromatic carbocycles. The Morgan fingerprint density at radius 3 is 2.61 bits per heavy atom. The summed E-state index contributed by atoms with van der Waals surface area (Å²) in [5.41, 5.74) is 5.89. The van der Waals surface area contributed by atoms with Crippen molar-refractivity contribution in [2.75, 3.05) is 19.3 Å². The van der Waals surface area contributed by atoms with E-state index in [1.54, 1.807) is 0 Å². The molecular formula is C13H26N2O2S. The first-order valence-corrected chi connectivity index (χ1v) is 9.03. The van der Waals surface area contributed by atoms with Gasteiger partial charge in [-0.05, 0) is 38.1 Å². The molecule has 1 saturated heterocycles. The summed E-state index contributed by atoms with van der Waals surface area (Å²) in [6, 6.07) is 0.585. The highest BCUT2D eigenvalue weighted by Gasteiger charge is 2.41. The van der Waals surface area contributed by atoms with Gasteiger partial charge in [-0.2, -0.15) is 0 Å². The lowest BCUT2D eigenvalue weighted by Crippen LogP contribution is -2.54. The molecule has 0 bridgehead atoms. The second kappa shape index (κ2) is 5.47. The molecule has 0 aromatic rings. The minimum atomic E-state index is -2.93. The number of hydrogen-bond acceptors (Lipinski definition) is 4. The monoisotopic (exact) mass is 274 g/mol. The van der Waals surface area contributed by atoms with Crippen molar-refractivity contribution < 1.29 is 8.42 Å². The summed E-state index contributed by atoms with van der Waals surface area (Å²) in [6.07, 6.45) is 6.55. The van der Waals surface area contributed by atoms with Crippen LogP contribution in [0.25, 0.3) is 0 Å². The molecule has 2 rings (SSSR count). The quantitative estimate of drug-likeness (QED) is 0.834. The smallest absolute Gasteiger partial charge is 0.151 e. The lowest BCUT2D eigenvalue weighted by molar-refractivity contribution is 0.0797. The number of likely N-dealkylation sites (tertiary alicyclic amines) is 1. The maximum absolute atomic E-state index is 11.9. The molecule has 4 nitrogen and oxygen atoms in total. The summed E-state index contributed by atoms with van der Waals surface area (Å²) in [6.45, 7) is 3.93. The Morgan fingerprint density at radius 1 is 1.28 bits per heavy atom. The average Bonchev–Trinajstić information content (AvgIpc) is 2.77. The van der Waals surface area contributed by atoms with Gasteiger partial charge >= 0.3 is 0 Å². The molecule has 1 aliphatic heterocycles. The fraction of sp³-hybridized carbons (Fsp3) is 1.00. The number of sulfone groups is 1. The molecule has 0 aromatic heterocycles. The standard InChI is InChI=1S/C13H26N2O2S/c1-10-6-7-15(11(8-10)9-14)12-4-3-5-13(12)18(2,16)17/h10-13H,3-9,14H2,1-2H3. The van der Waals surface area contributed by atoms with Crippen molar-refractivity contribution in [2.24, 2.45) is 11.7 Å². The van der Waals surface area contributed by atoms with Gasteiger partial charge in [0.2, 0.25) is 0 Å². The van der Waals surface area contributed by atoms with Crippen LogP contribution < -0.4 is 5.73 Å². The predicted molar refractivity (Wildman–Crippen MR) is 74.2 cm³/mol. The van der Waals surface area contributed by atoms with Crippen molar-refractivity contribution >= 4 is 9.84 Å². The van der Waals surface area contributed by atoms with E-state index in [1.165, 1.54) is 12.7 Å². The van der Waals surface area contributed by atoms with Gasteiger partial charge < -0.3 is 5.73 Å². The maximum Gasteiger partial charge on any atom is 0.151 e. The van der Waals surface area contributed by atoms with Gasteiger partial charge in [-0.15, -0.1) is 0 Å². The van der Waals surface area contributed by atoms with Gasteiger partial charge in [0, 0.05) is 24.9 Å². The molecule has 2 aliphatic rings. The Labute approximate surface area is 111 Å². The van der Waals surface area contributed by atoms with E-state index in [1.807, 2.05) is 0 Å². The Kier molecular flexibility index (Phi) is 4.34. The van der Waals surface area contributed by atoms with Gasteiger partial charge in [0.15, 0.2) is 9.84 Å². The van der Waals surface area contributed by atoms with Gasteiger partial charge in [-0.25, -0.2) is 8.42 Å². The number of rotatable bonds is 3. The minimum Gasteiger partial charge on any atom is -0.329 e. The third kappa shape index (κ3) is 2.89. The van der Waals surface area contributed by atoms with E-state index in [0.29, 0.717) is 18.5 Å². The van der Waals surface area contributed by atoms with Gasteiger partial charge in [-0.1, -0.05) is 13.3 Å². The van der Waals surface area contributed by atoms with E-state index in [0.717, 1.165) is 32.2 Å². The van der Waals surface area contributed by atoms with Gasteiger partial charge in [0.1, 0.15) is 0 Å². The van der Waals surface area contributed by atoms with E-state index >= 15 is 0 Å². The third-order valence-electron chi connectivity index (χ3n) is 4.69. The van der Waals surface area contributed by atoms with Crippen LogP contribution in [0.15, 0.2) is 0 Å². The Morgan fingerprint density at radius 2 is 2.00 bits per heavy atom. The molecule has 2 fully saturated rings. The molecule has 5 heteroatoms. The Balaban J connectivity index is 2.14. The predicted octanol–water partition coefficient (Wildman–Crippen LogP) is 1.01. The summed E-state index contributed by atoms with van der Waals surface area (Å²) in [5, 5.41) is -0.167. The molecule has 0 radical (unpaired) electrons. The van der Waals surface area contributed by atoms with E-state index in [4.69, 9.17) is 5.73 Å². The zero-order chi connectivity index (χ0) is 13.3. The van der Waals surface area contributed by atoms with E-state index in [2.05, 4.69) is 11.8 Å². The fourth-order valence-corrected chi connectivity index (χ4v) is 5.18. The van der Waals surface area contributed by atoms with Crippen molar-refractivity contribution in [1.29, 1.82) is 0 Å². The first-order chi connectivity index (χ1) is 8.43. The summed E-state index contributed by atoms with van der Waals surface area (Å²) in [4.78, 5) is 2.40. The summed E-state index contributed by atoms with van der Waals surface area (Å²) in [7, 11) is -2.93. The van der Waals surface area contributed by atoms with Crippen LogP contribution in [0, 0.1) is 5.92 Å². The molecule has 1 heterocycles. The first kappa shape index (κ1) is 14.3. The number of nitrogens with zero attached hydrogens (tertiary/aromatic N) is 1. The van der Waals surface area contributed by atoms with Gasteiger partial charge in [-0.3, -0.25) is 4.90 Å². The third-order valence-corrected chi connectivity index (χ3v) is 6.34. The molecule has 18 heavy (non-hydrogen) atoms. The molecular weight excluding hydrogens is 248 g/mol. The average molecular weight is 274 g/mol. The zero-order valence-electron chi connectivity index (χ0n) is 11.5. The molecule has 4 atom stereocenters. The van der Waals surface area contributed by atoms with E-state index in [9.17, 15) is 8.42 Å². The molecule has 2 N–H and O–H groups in total. The topological polar surface area (TPSA) is 63.4 Å². The van der Waals surface area contributed by atoms with Crippen LogP contribution in [0.5, 0.6) is 0 Å². The molecule has 106 valence electrons. The molecule has 4 unspecified atom stereocenters. The van der Waals surface area contributed by atoms with Crippen molar-refractivity contribution in [1.82, 2.24) is 4.90 Å². The van der Waals surface area contributed by atoms with Crippen LogP contribution in [0.4, 0.5) is 0 Å². The van der Waals surface area contributed by atoms with Crippen molar-refractivity contribution in [3.63, 3.8) is 0 Å². The maximum atomic E-state index is 11.9. The largest absolute Gasteiger partial charge is 0.329 e. The molecule has 0 spiro atoms. The minimum absolute atomic E-state index is 0.167. The summed E-state index contributed by atoms with van der Waals surface area (Å²) < 4.78 is 23.8. The number of piperidine rings is 1. The van der Waals surface area contributed by atoms with Gasteiger partial charge in [0.25, 0.3) is 0 Å². The highest BCUT2D eigenvalue weighted by Crippen LogP contribution is 2.34. The van der Waals surface area contributed by atoms with E-state index < -0.39 is 9.84 Å². The first-order valence-electron chi connectivity index (χ1n) is 7.08. The van der Waals surface area contributed by atoms with Crippen LogP contribution in [-0.4, -0.2) is 50.0 Å². The second-order valence-corrected chi connectivity index (χ2v) is 8.39. The molecule has 0 amide bonds. The Hall–Kier alpha value is -0.130. The van der Waals surface area contributed by atoms with Crippen molar-refractivity contribution in [3.05, 3.63) is 0 Å². The SMILES string of the molecule is CC1CCN(C2CCCC2S(C)(=O)=O)C(CN)C1. The number of hydrogen-bond donors (Lipinski definition) is 1. The second-order valence-electron chi connectivity index (χ2n) is 6.12. The highest BCUT2D eigenvalue weighted by atomic mass is 32.2. The van der Waals surface area contributed by atoms with Crippen molar-refractivity contribution in [2.45, 2.75) is 56.4 Å². The lowest BCUT2D eigenvalue weighted by atomic mass is 9.91. The summed E-state index contributed by atoms with van der Waals surface area (Å²) in [5.74, 6) is 0.716. The summed E-state index contributed by atoms with van der Waals surface area (Å²) >= 11 is 0. The van der Waals surface area contributed by atoms with Crippen LogP contribution in [0.1, 0.15) is 39.0 Å².